The molecule has 0 spiro atoms. The van der Waals surface area contributed by atoms with E-state index >= 15 is 0 Å². The van der Waals surface area contributed by atoms with Crippen molar-refractivity contribution in [1.29, 1.82) is 0 Å². The van der Waals surface area contributed by atoms with Crippen molar-refractivity contribution < 1.29 is 14.3 Å². The van der Waals surface area contributed by atoms with Crippen molar-refractivity contribution in [3.63, 3.8) is 0 Å². The average molecular weight is 259 g/mol. The highest BCUT2D eigenvalue weighted by molar-refractivity contribution is 6.03. The van der Waals surface area contributed by atoms with Crippen molar-refractivity contribution in [2.24, 2.45) is 5.92 Å². The van der Waals surface area contributed by atoms with Gasteiger partial charge in [0.1, 0.15) is 5.75 Å². The van der Waals surface area contributed by atoms with Gasteiger partial charge in [0.25, 0.3) is 0 Å². The Kier molecular flexibility index (Phi) is 3.01. The van der Waals surface area contributed by atoms with E-state index in [-0.39, 0.29) is 23.7 Å². The smallest absolute Gasteiger partial charge is 0.230 e. The molecule has 2 unspecified atom stereocenters. The van der Waals surface area contributed by atoms with Gasteiger partial charge < -0.3 is 4.74 Å². The molecule has 1 heterocycles. The highest BCUT2D eigenvalue weighted by atomic mass is 16.5. The molecule has 4 nitrogen and oxygen atoms in total. The lowest BCUT2D eigenvalue weighted by molar-refractivity contribution is -0.126. The summed E-state index contributed by atoms with van der Waals surface area (Å²) in [4.78, 5) is 23.3. The number of benzene rings is 1. The average Bonchev–Trinajstić information content (AvgIpc) is 2.76. The number of hydrogen-bond acceptors (Lipinski definition) is 3. The normalized spacial score (nSPS) is 25.9. The van der Waals surface area contributed by atoms with Crippen LogP contribution in [0.25, 0.3) is 0 Å². The molecular weight excluding hydrogens is 242 g/mol. The van der Waals surface area contributed by atoms with Crippen LogP contribution in [-0.2, 0) is 16.0 Å². The minimum absolute atomic E-state index is 0.120. The number of methoxy groups -OCH3 is 1. The Morgan fingerprint density at radius 2 is 2.11 bits per heavy atom. The van der Waals surface area contributed by atoms with Crippen molar-refractivity contribution in [2.75, 3.05) is 7.11 Å². The Morgan fingerprint density at radius 3 is 2.79 bits per heavy atom. The summed E-state index contributed by atoms with van der Waals surface area (Å²) in [6.07, 6.45) is 3.39. The molecule has 3 rings (SSSR count). The molecule has 1 saturated heterocycles. The van der Waals surface area contributed by atoms with Crippen LogP contribution in [0.3, 0.4) is 0 Å². The van der Waals surface area contributed by atoms with E-state index in [9.17, 15) is 9.59 Å². The summed E-state index contributed by atoms with van der Waals surface area (Å²) in [5.41, 5.74) is 2.46. The third-order valence-electron chi connectivity index (χ3n) is 4.20. The molecular formula is C15H17NO3. The summed E-state index contributed by atoms with van der Waals surface area (Å²) in [5.74, 6) is 0.482. The topological polar surface area (TPSA) is 55.4 Å². The summed E-state index contributed by atoms with van der Waals surface area (Å²) in [7, 11) is 1.64. The van der Waals surface area contributed by atoms with Crippen LogP contribution in [0.2, 0.25) is 0 Å². The van der Waals surface area contributed by atoms with E-state index < -0.39 is 0 Å². The molecule has 1 aliphatic carbocycles. The molecule has 1 aliphatic heterocycles. The minimum Gasteiger partial charge on any atom is -0.497 e. The third-order valence-corrected chi connectivity index (χ3v) is 4.20. The molecule has 100 valence electrons. The Labute approximate surface area is 112 Å². The lowest BCUT2D eigenvalue weighted by Crippen LogP contribution is -2.27. The van der Waals surface area contributed by atoms with Crippen LogP contribution in [0.5, 0.6) is 5.75 Å². The zero-order valence-corrected chi connectivity index (χ0v) is 10.9. The maximum atomic E-state index is 11.9. The van der Waals surface area contributed by atoms with E-state index in [1.807, 2.05) is 12.1 Å². The van der Waals surface area contributed by atoms with Gasteiger partial charge in [0.05, 0.1) is 13.0 Å². The molecule has 2 amide bonds. The van der Waals surface area contributed by atoms with Gasteiger partial charge in [-0.25, -0.2) is 0 Å². The lowest BCUT2D eigenvalue weighted by Gasteiger charge is -2.28. The zero-order valence-electron chi connectivity index (χ0n) is 10.9. The number of carbonyl (C=O) groups excluding carboxylic acids is 2. The number of hydrogen-bond donors (Lipinski definition) is 1. The first kappa shape index (κ1) is 12.2. The minimum atomic E-state index is -0.210. The van der Waals surface area contributed by atoms with Gasteiger partial charge in [-0.2, -0.15) is 0 Å². The lowest BCUT2D eigenvalue weighted by atomic mass is 9.75. The molecule has 2 aliphatic rings. The molecule has 1 N–H and O–H groups in total. The van der Waals surface area contributed by atoms with Crippen LogP contribution in [0.15, 0.2) is 18.2 Å². The van der Waals surface area contributed by atoms with Gasteiger partial charge in [0.2, 0.25) is 11.8 Å². The number of nitrogens with one attached hydrogen (secondary N) is 1. The van der Waals surface area contributed by atoms with Crippen molar-refractivity contribution >= 4 is 11.8 Å². The molecule has 2 atom stereocenters. The van der Waals surface area contributed by atoms with Crippen molar-refractivity contribution in [3.8, 4) is 5.75 Å². The van der Waals surface area contributed by atoms with Gasteiger partial charge in [-0.1, -0.05) is 6.07 Å². The van der Waals surface area contributed by atoms with Crippen LogP contribution in [0, 0.1) is 5.92 Å². The van der Waals surface area contributed by atoms with Gasteiger partial charge in [-0.05, 0) is 48.4 Å². The monoisotopic (exact) mass is 259 g/mol. The first-order valence-electron chi connectivity index (χ1n) is 6.69. The van der Waals surface area contributed by atoms with E-state index in [0.29, 0.717) is 6.42 Å². The van der Waals surface area contributed by atoms with Gasteiger partial charge in [0, 0.05) is 6.42 Å². The first-order chi connectivity index (χ1) is 9.19. The summed E-state index contributed by atoms with van der Waals surface area (Å²) < 4.78 is 5.27. The third kappa shape index (κ3) is 2.11. The van der Waals surface area contributed by atoms with Gasteiger partial charge in [-0.15, -0.1) is 0 Å². The van der Waals surface area contributed by atoms with Gasteiger partial charge in [0.15, 0.2) is 0 Å². The van der Waals surface area contributed by atoms with Crippen molar-refractivity contribution in [3.05, 3.63) is 29.3 Å². The highest BCUT2D eigenvalue weighted by Crippen LogP contribution is 2.41. The quantitative estimate of drug-likeness (QED) is 0.824. The fourth-order valence-electron chi connectivity index (χ4n) is 3.26. The molecule has 1 aromatic carbocycles. The predicted molar refractivity (Wildman–Crippen MR) is 69.9 cm³/mol. The van der Waals surface area contributed by atoms with E-state index in [4.69, 9.17) is 4.74 Å². The molecule has 4 heteroatoms. The number of fused-ring (bicyclic) bond motifs is 1. The Bertz CT molecular complexity index is 538. The maximum Gasteiger partial charge on any atom is 0.230 e. The first-order valence-corrected chi connectivity index (χ1v) is 6.69. The summed E-state index contributed by atoms with van der Waals surface area (Å²) in [6.45, 7) is 0. The van der Waals surface area contributed by atoms with E-state index in [0.717, 1.165) is 25.0 Å². The van der Waals surface area contributed by atoms with E-state index in [1.54, 1.807) is 7.11 Å². The van der Waals surface area contributed by atoms with Gasteiger partial charge in [-0.3, -0.25) is 14.9 Å². The highest BCUT2D eigenvalue weighted by Gasteiger charge is 2.39. The second-order valence-corrected chi connectivity index (χ2v) is 5.29. The van der Waals surface area contributed by atoms with E-state index in [2.05, 4.69) is 11.4 Å². The fraction of sp³-hybridized carbons (Fsp3) is 0.467. The fourth-order valence-corrected chi connectivity index (χ4v) is 3.26. The molecule has 0 bridgehead atoms. The largest absolute Gasteiger partial charge is 0.497 e. The Morgan fingerprint density at radius 1 is 1.26 bits per heavy atom. The number of aryl methyl sites for hydroxylation is 1. The Balaban J connectivity index is 1.97. The van der Waals surface area contributed by atoms with Crippen molar-refractivity contribution in [2.45, 2.75) is 31.6 Å². The molecule has 1 aromatic rings. The number of amides is 2. The van der Waals surface area contributed by atoms with Crippen LogP contribution in [0.1, 0.15) is 36.3 Å². The molecule has 0 saturated carbocycles. The second-order valence-electron chi connectivity index (χ2n) is 5.29. The van der Waals surface area contributed by atoms with E-state index in [1.165, 1.54) is 11.1 Å². The molecule has 19 heavy (non-hydrogen) atoms. The maximum absolute atomic E-state index is 11.9. The summed E-state index contributed by atoms with van der Waals surface area (Å²) in [6, 6.07) is 6.06. The Hall–Kier alpha value is -1.84. The number of ether oxygens (including phenoxy) is 1. The summed E-state index contributed by atoms with van der Waals surface area (Å²) >= 11 is 0. The SMILES string of the molecule is COc1ccc2c(c1)C(C1CC(=O)NC1=O)CCC2. The standard InChI is InChI=1S/C15H17NO3/c1-19-10-6-5-9-3-2-4-11(12(9)7-10)13-8-14(17)16-15(13)18/h5-7,11,13H,2-4,8H2,1H3,(H,16,17,18). The van der Waals surface area contributed by atoms with Crippen LogP contribution in [0.4, 0.5) is 0 Å². The van der Waals surface area contributed by atoms with Crippen LogP contribution < -0.4 is 10.1 Å². The van der Waals surface area contributed by atoms with Crippen molar-refractivity contribution in [1.82, 2.24) is 5.32 Å². The number of rotatable bonds is 2. The predicted octanol–water partition coefficient (Wildman–Crippen LogP) is 1.78. The molecule has 0 radical (unpaired) electrons. The second kappa shape index (κ2) is 4.68. The zero-order chi connectivity index (χ0) is 13.4. The van der Waals surface area contributed by atoms with Gasteiger partial charge >= 0.3 is 0 Å². The number of imide groups is 1. The molecule has 0 aromatic heterocycles. The summed E-state index contributed by atoms with van der Waals surface area (Å²) in [5, 5.41) is 2.41. The number of carbonyl (C=O) groups is 2. The van der Waals surface area contributed by atoms with Crippen LogP contribution in [-0.4, -0.2) is 18.9 Å². The van der Waals surface area contributed by atoms with Crippen LogP contribution >= 0.6 is 0 Å². The molecule has 1 fully saturated rings.